The highest BCUT2D eigenvalue weighted by molar-refractivity contribution is 8.26. The maximum Gasteiger partial charge on any atom is 0.270 e. The van der Waals surface area contributed by atoms with E-state index >= 15 is 0 Å². The number of aromatic nitrogens is 1. The van der Waals surface area contributed by atoms with Gasteiger partial charge in [-0.05, 0) is 55.7 Å². The molecule has 3 heterocycles. The second-order valence-corrected chi connectivity index (χ2v) is 11.2. The van der Waals surface area contributed by atoms with Crippen LogP contribution >= 0.6 is 24.0 Å². The normalized spacial score (nSPS) is 17.5. The van der Waals surface area contributed by atoms with Crippen molar-refractivity contribution in [3.63, 3.8) is 0 Å². The van der Waals surface area contributed by atoms with Gasteiger partial charge < -0.3 is 4.90 Å². The zero-order chi connectivity index (χ0) is 26.5. The van der Waals surface area contributed by atoms with Crippen LogP contribution in [0.25, 0.3) is 6.08 Å². The lowest BCUT2D eigenvalue weighted by atomic mass is 9.90. The Bertz CT molecular complexity index is 1330. The van der Waals surface area contributed by atoms with Crippen LogP contribution in [0.3, 0.4) is 0 Å². The maximum atomic E-state index is 13.4. The summed E-state index contributed by atoms with van der Waals surface area (Å²) in [6.07, 6.45) is 7.30. The Labute approximate surface area is 228 Å². The van der Waals surface area contributed by atoms with E-state index in [-0.39, 0.29) is 17.0 Å². The number of thiocarbonyl (C=S) groups is 1. The summed E-state index contributed by atoms with van der Waals surface area (Å²) in [5.74, 6) is 1.20. The molecule has 2 aromatic rings. The van der Waals surface area contributed by atoms with Crippen molar-refractivity contribution in [3.8, 4) is 6.07 Å². The van der Waals surface area contributed by atoms with E-state index in [2.05, 4.69) is 41.8 Å². The van der Waals surface area contributed by atoms with E-state index in [0.29, 0.717) is 33.8 Å². The summed E-state index contributed by atoms with van der Waals surface area (Å²) in [5.41, 5.74) is 2.57. The fraction of sp³-hybridized carbons (Fsp3) is 0.379. The SMILES string of the molecule is C=CCN1C(=O)/C(=C/c2c(C)c(C#N)c(=O)n(CCC)c2N2CCC(Cc3ccccc3)CC2)SC1=S. The van der Waals surface area contributed by atoms with Crippen LogP contribution in [0.5, 0.6) is 0 Å². The van der Waals surface area contributed by atoms with E-state index in [4.69, 9.17) is 12.2 Å². The Balaban J connectivity index is 1.74. The summed E-state index contributed by atoms with van der Waals surface area (Å²) in [5, 5.41) is 9.85. The van der Waals surface area contributed by atoms with Gasteiger partial charge in [-0.2, -0.15) is 5.26 Å². The minimum Gasteiger partial charge on any atom is -0.357 e. The smallest absolute Gasteiger partial charge is 0.270 e. The molecule has 2 aliphatic rings. The average Bonchev–Trinajstić information content (AvgIpc) is 3.16. The summed E-state index contributed by atoms with van der Waals surface area (Å²) in [7, 11) is 0. The molecule has 0 atom stereocenters. The fourth-order valence-corrected chi connectivity index (χ4v) is 6.39. The molecule has 2 saturated heterocycles. The Hall–Kier alpha value is -3.15. The molecule has 0 aliphatic carbocycles. The van der Waals surface area contributed by atoms with Crippen molar-refractivity contribution in [2.75, 3.05) is 24.5 Å². The predicted molar refractivity (Wildman–Crippen MR) is 156 cm³/mol. The van der Waals surface area contributed by atoms with Gasteiger partial charge in [-0.25, -0.2) is 0 Å². The minimum atomic E-state index is -0.264. The Morgan fingerprint density at radius 1 is 1.22 bits per heavy atom. The van der Waals surface area contributed by atoms with E-state index in [1.54, 1.807) is 17.6 Å². The molecule has 1 amide bonds. The summed E-state index contributed by atoms with van der Waals surface area (Å²) in [6, 6.07) is 12.7. The van der Waals surface area contributed by atoms with Gasteiger partial charge in [-0.1, -0.05) is 67.3 Å². The Morgan fingerprint density at radius 2 is 1.92 bits per heavy atom. The molecule has 2 fully saturated rings. The molecule has 0 radical (unpaired) electrons. The molecule has 8 heteroatoms. The number of nitriles is 1. The quantitative estimate of drug-likeness (QED) is 0.262. The van der Waals surface area contributed by atoms with Crippen LogP contribution in [0.15, 0.2) is 52.7 Å². The third-order valence-corrected chi connectivity index (χ3v) is 8.41. The molecular weight excluding hydrogens is 500 g/mol. The number of pyridine rings is 1. The second-order valence-electron chi connectivity index (χ2n) is 9.51. The van der Waals surface area contributed by atoms with Gasteiger partial charge in [0.2, 0.25) is 0 Å². The first-order valence-corrected chi connectivity index (χ1v) is 13.9. The van der Waals surface area contributed by atoms with Crippen molar-refractivity contribution >= 4 is 46.1 Å². The first kappa shape index (κ1) is 26.9. The second kappa shape index (κ2) is 11.9. The third-order valence-electron chi connectivity index (χ3n) is 7.04. The number of rotatable bonds is 8. The van der Waals surface area contributed by atoms with E-state index < -0.39 is 0 Å². The zero-order valence-electron chi connectivity index (χ0n) is 21.4. The number of carbonyl (C=O) groups is 1. The summed E-state index contributed by atoms with van der Waals surface area (Å²) < 4.78 is 2.22. The monoisotopic (exact) mass is 532 g/mol. The molecule has 0 N–H and O–H groups in total. The summed E-state index contributed by atoms with van der Waals surface area (Å²) in [4.78, 5) is 30.8. The molecule has 0 saturated carbocycles. The number of nitrogens with zero attached hydrogens (tertiary/aromatic N) is 4. The number of hydrogen-bond acceptors (Lipinski definition) is 6. The molecule has 0 bridgehead atoms. The number of amides is 1. The highest BCUT2D eigenvalue weighted by atomic mass is 32.2. The topological polar surface area (TPSA) is 69.3 Å². The molecule has 4 rings (SSSR count). The van der Waals surface area contributed by atoms with Crippen LogP contribution in [0.1, 0.15) is 48.4 Å². The number of benzene rings is 1. The lowest BCUT2D eigenvalue weighted by molar-refractivity contribution is -0.121. The lowest BCUT2D eigenvalue weighted by Crippen LogP contribution is -2.40. The number of hydrogen-bond donors (Lipinski definition) is 0. The number of anilines is 1. The molecule has 192 valence electrons. The molecular formula is C29H32N4O2S2. The van der Waals surface area contributed by atoms with Crippen molar-refractivity contribution in [3.05, 3.63) is 80.5 Å². The van der Waals surface area contributed by atoms with Crippen LogP contribution in [-0.2, 0) is 17.8 Å². The Morgan fingerprint density at radius 3 is 2.54 bits per heavy atom. The molecule has 1 aromatic carbocycles. The van der Waals surface area contributed by atoms with Crippen LogP contribution in [-0.4, -0.2) is 39.3 Å². The first-order valence-electron chi connectivity index (χ1n) is 12.7. The predicted octanol–water partition coefficient (Wildman–Crippen LogP) is 5.28. The highest BCUT2D eigenvalue weighted by Crippen LogP contribution is 2.37. The number of thioether (sulfide) groups is 1. The summed E-state index contributed by atoms with van der Waals surface area (Å²) >= 11 is 6.68. The van der Waals surface area contributed by atoms with Crippen LogP contribution in [0, 0.1) is 24.2 Å². The van der Waals surface area contributed by atoms with Gasteiger partial charge in [-0.3, -0.25) is 19.1 Å². The number of carbonyl (C=O) groups excluding carboxylic acids is 1. The average molecular weight is 533 g/mol. The van der Waals surface area contributed by atoms with Gasteiger partial charge >= 0.3 is 0 Å². The van der Waals surface area contributed by atoms with Crippen LogP contribution in [0.2, 0.25) is 0 Å². The van der Waals surface area contributed by atoms with Gasteiger partial charge in [0.05, 0.1) is 4.91 Å². The van der Waals surface area contributed by atoms with Gasteiger partial charge in [0, 0.05) is 31.7 Å². The summed E-state index contributed by atoms with van der Waals surface area (Å²) in [6.45, 7) is 10.0. The van der Waals surface area contributed by atoms with Crippen molar-refractivity contribution in [1.82, 2.24) is 9.47 Å². The molecule has 0 spiro atoms. The zero-order valence-corrected chi connectivity index (χ0v) is 23.0. The van der Waals surface area contributed by atoms with E-state index in [1.165, 1.54) is 22.2 Å². The highest BCUT2D eigenvalue weighted by Gasteiger charge is 2.33. The number of piperidine rings is 1. The van der Waals surface area contributed by atoms with Gasteiger partial charge in [-0.15, -0.1) is 6.58 Å². The van der Waals surface area contributed by atoms with E-state index in [0.717, 1.165) is 50.2 Å². The molecule has 0 unspecified atom stereocenters. The van der Waals surface area contributed by atoms with Crippen molar-refractivity contribution in [2.45, 2.75) is 46.1 Å². The largest absolute Gasteiger partial charge is 0.357 e. The minimum absolute atomic E-state index is 0.129. The first-order chi connectivity index (χ1) is 17.9. The van der Waals surface area contributed by atoms with Crippen molar-refractivity contribution in [1.29, 1.82) is 5.26 Å². The Kier molecular flexibility index (Phi) is 8.67. The molecule has 2 aliphatic heterocycles. The van der Waals surface area contributed by atoms with E-state index in [9.17, 15) is 14.9 Å². The van der Waals surface area contributed by atoms with Crippen LogP contribution < -0.4 is 10.5 Å². The lowest BCUT2D eigenvalue weighted by Gasteiger charge is -2.36. The van der Waals surface area contributed by atoms with E-state index in [1.807, 2.05) is 19.1 Å². The molecule has 37 heavy (non-hydrogen) atoms. The van der Waals surface area contributed by atoms with Gasteiger partial charge in [0.25, 0.3) is 11.5 Å². The third kappa shape index (κ3) is 5.58. The fourth-order valence-electron chi connectivity index (χ4n) is 5.13. The molecule has 6 nitrogen and oxygen atoms in total. The van der Waals surface area contributed by atoms with Gasteiger partial charge in [0.15, 0.2) is 0 Å². The standard InChI is InChI=1S/C29H32N4O2S2/c1-4-13-32-26(31-15-11-22(12-16-31)17-21-9-7-6-8-10-21)23(20(3)24(19-30)27(32)34)18-25-28(35)33(14-5-2)29(36)37-25/h5-10,18,22H,2,4,11-17H2,1,3H3/b25-18-. The van der Waals surface area contributed by atoms with Crippen LogP contribution in [0.4, 0.5) is 5.82 Å². The molecule has 1 aromatic heterocycles. The maximum absolute atomic E-state index is 13.4. The van der Waals surface area contributed by atoms with Gasteiger partial charge in [0.1, 0.15) is 21.8 Å². The van der Waals surface area contributed by atoms with Crippen molar-refractivity contribution in [2.24, 2.45) is 5.92 Å². The van der Waals surface area contributed by atoms with Crippen molar-refractivity contribution < 1.29 is 4.79 Å².